The molecule has 0 heterocycles. The quantitative estimate of drug-likeness (QED) is 0.281. The smallest absolute Gasteiger partial charge is 0.334 e. The second kappa shape index (κ2) is 6.62. The van der Waals surface area contributed by atoms with Gasteiger partial charge in [0.25, 0.3) is 0 Å². The first-order valence-electron chi connectivity index (χ1n) is 5.78. The summed E-state index contributed by atoms with van der Waals surface area (Å²) in [5, 5.41) is 0. The van der Waals surface area contributed by atoms with E-state index in [1.54, 1.807) is 0 Å². The summed E-state index contributed by atoms with van der Waals surface area (Å²) in [6.07, 6.45) is 2.03. The van der Waals surface area contributed by atoms with E-state index in [-0.39, 0.29) is 12.2 Å². The number of quaternary nitrogens is 1. The number of hydrogen-bond donors (Lipinski definition) is 0. The molecule has 88 valence electrons. The van der Waals surface area contributed by atoms with Crippen LogP contribution in [0.25, 0.3) is 0 Å². The molecule has 0 amide bonds. The predicted octanol–water partition coefficient (Wildman–Crippen LogP) is 2.33. The lowest BCUT2D eigenvalue weighted by molar-refractivity contribution is -0.965. The van der Waals surface area contributed by atoms with Crippen molar-refractivity contribution in [3.63, 3.8) is 0 Å². The molecule has 3 nitrogen and oxygen atoms in total. The number of ether oxygens (including phenoxy) is 1. The van der Waals surface area contributed by atoms with Crippen LogP contribution >= 0.6 is 0 Å². The van der Waals surface area contributed by atoms with E-state index in [1.165, 1.54) is 6.08 Å². The maximum Gasteiger partial charge on any atom is 0.334 e. The highest BCUT2D eigenvalue weighted by atomic mass is 16.6. The van der Waals surface area contributed by atoms with Gasteiger partial charge in [-0.25, -0.2) is 4.79 Å². The molecule has 0 aliphatic rings. The molecule has 0 aromatic carbocycles. The Kier molecular flexibility index (Phi) is 6.25. The lowest BCUT2D eigenvalue weighted by Crippen LogP contribution is -2.56. The number of carbonyl (C=O) groups excluding carboxylic acids is 1. The average Bonchev–Trinajstić information content (AvgIpc) is 2.29. The van der Waals surface area contributed by atoms with Gasteiger partial charge in [0.15, 0.2) is 0 Å². The number of carbonyl (C=O) groups is 1. The van der Waals surface area contributed by atoms with E-state index in [0.717, 1.165) is 30.5 Å². The zero-order chi connectivity index (χ0) is 11.9. The van der Waals surface area contributed by atoms with Crippen LogP contribution in [0.4, 0.5) is 0 Å². The summed E-state index contributed by atoms with van der Waals surface area (Å²) in [5.74, 6) is -0.320. The highest BCUT2D eigenvalue weighted by molar-refractivity contribution is 5.81. The molecule has 0 aromatic rings. The molecule has 3 heteroatoms. The summed E-state index contributed by atoms with van der Waals surface area (Å²) < 4.78 is 6.23. The topological polar surface area (TPSA) is 26.3 Å². The van der Waals surface area contributed by atoms with Crippen molar-refractivity contribution in [1.82, 2.24) is 0 Å². The molecular weight excluding hydrogens is 190 g/mol. The van der Waals surface area contributed by atoms with Crippen molar-refractivity contribution < 1.29 is 14.0 Å². The van der Waals surface area contributed by atoms with Crippen molar-refractivity contribution in [3.8, 4) is 0 Å². The van der Waals surface area contributed by atoms with Crippen LogP contribution in [0.1, 0.15) is 34.1 Å². The Bertz CT molecular complexity index is 201. The Labute approximate surface area is 93.3 Å². The van der Waals surface area contributed by atoms with E-state index < -0.39 is 0 Å². The van der Waals surface area contributed by atoms with Crippen molar-refractivity contribution in [2.24, 2.45) is 0 Å². The summed E-state index contributed by atoms with van der Waals surface area (Å²) in [4.78, 5) is 11.2. The molecule has 0 radical (unpaired) electrons. The predicted molar refractivity (Wildman–Crippen MR) is 62.3 cm³/mol. The van der Waals surface area contributed by atoms with Gasteiger partial charge in [-0.2, -0.15) is 0 Å². The van der Waals surface area contributed by atoms with Crippen LogP contribution in [-0.4, -0.2) is 36.3 Å². The normalized spacial score (nSPS) is 13.3. The van der Waals surface area contributed by atoms with Crippen molar-refractivity contribution in [2.75, 3.05) is 19.6 Å². The first-order valence-corrected chi connectivity index (χ1v) is 5.78. The first-order chi connectivity index (χ1) is 7.10. The summed E-state index contributed by atoms with van der Waals surface area (Å²) in [6, 6.07) is 0. The standard InChI is InChI=1S/C12H24NO2/c1-6-11(15-12(14)7-2)13(8-3,9-4)10-5/h7,11H,2,6,8-10H2,1,3-5H3/q+1. The number of rotatable bonds is 7. The number of hydrogen-bond acceptors (Lipinski definition) is 2. The van der Waals surface area contributed by atoms with Crippen molar-refractivity contribution in [3.05, 3.63) is 12.7 Å². The van der Waals surface area contributed by atoms with Gasteiger partial charge in [-0.15, -0.1) is 0 Å². The molecule has 0 aliphatic heterocycles. The summed E-state index contributed by atoms with van der Waals surface area (Å²) in [7, 11) is 0. The van der Waals surface area contributed by atoms with Crippen LogP contribution in [0.15, 0.2) is 12.7 Å². The van der Waals surface area contributed by atoms with Crippen molar-refractivity contribution >= 4 is 5.97 Å². The Balaban J connectivity index is 4.73. The van der Waals surface area contributed by atoms with Crippen LogP contribution in [0, 0.1) is 0 Å². The van der Waals surface area contributed by atoms with Crippen molar-refractivity contribution in [2.45, 2.75) is 40.3 Å². The highest BCUT2D eigenvalue weighted by Crippen LogP contribution is 2.17. The first kappa shape index (κ1) is 14.2. The van der Waals surface area contributed by atoms with Crippen LogP contribution < -0.4 is 0 Å². The molecule has 0 N–H and O–H groups in total. The fourth-order valence-corrected chi connectivity index (χ4v) is 2.05. The number of nitrogens with zero attached hydrogens (tertiary/aromatic N) is 1. The molecule has 0 aromatic heterocycles. The Hall–Kier alpha value is -0.830. The monoisotopic (exact) mass is 214 g/mol. The van der Waals surface area contributed by atoms with Gasteiger partial charge in [0.2, 0.25) is 6.23 Å². The van der Waals surface area contributed by atoms with Crippen LogP contribution in [0.5, 0.6) is 0 Å². The van der Waals surface area contributed by atoms with E-state index in [4.69, 9.17) is 4.74 Å². The minimum absolute atomic E-state index is 0.0458. The molecule has 1 unspecified atom stereocenters. The lowest BCUT2D eigenvalue weighted by atomic mass is 10.2. The fourth-order valence-electron chi connectivity index (χ4n) is 2.05. The zero-order valence-electron chi connectivity index (χ0n) is 10.5. The molecule has 15 heavy (non-hydrogen) atoms. The molecule has 0 rings (SSSR count). The lowest BCUT2D eigenvalue weighted by Gasteiger charge is -2.41. The summed E-state index contributed by atoms with van der Waals surface area (Å²) in [5.41, 5.74) is 0. The number of esters is 1. The second-order valence-corrected chi connectivity index (χ2v) is 3.67. The van der Waals surface area contributed by atoms with Gasteiger partial charge in [0.1, 0.15) is 0 Å². The van der Waals surface area contributed by atoms with Crippen LogP contribution in [-0.2, 0) is 9.53 Å². The summed E-state index contributed by atoms with van der Waals surface area (Å²) >= 11 is 0. The molecular formula is C12H24NO2+. The maximum absolute atomic E-state index is 11.2. The molecule has 0 spiro atoms. The highest BCUT2D eigenvalue weighted by Gasteiger charge is 2.33. The van der Waals surface area contributed by atoms with Crippen LogP contribution in [0.2, 0.25) is 0 Å². The Morgan fingerprint density at radius 1 is 1.27 bits per heavy atom. The minimum Gasteiger partial charge on any atom is -0.409 e. The molecule has 0 fully saturated rings. The SMILES string of the molecule is C=CC(=O)OC(CC)[N+](CC)(CC)CC. The Morgan fingerprint density at radius 2 is 1.73 bits per heavy atom. The largest absolute Gasteiger partial charge is 0.409 e. The summed E-state index contributed by atoms with van der Waals surface area (Å²) in [6.45, 7) is 14.8. The van der Waals surface area contributed by atoms with Crippen LogP contribution in [0.3, 0.4) is 0 Å². The van der Waals surface area contributed by atoms with Gasteiger partial charge >= 0.3 is 5.97 Å². The van der Waals surface area contributed by atoms with E-state index in [9.17, 15) is 4.79 Å². The third-order valence-corrected chi connectivity index (χ3v) is 3.27. The second-order valence-electron chi connectivity index (χ2n) is 3.67. The van der Waals surface area contributed by atoms with Gasteiger partial charge in [0, 0.05) is 12.5 Å². The van der Waals surface area contributed by atoms with Gasteiger partial charge < -0.3 is 4.74 Å². The van der Waals surface area contributed by atoms with E-state index in [1.807, 2.05) is 0 Å². The molecule has 0 saturated heterocycles. The molecule has 1 atom stereocenters. The van der Waals surface area contributed by atoms with Gasteiger partial charge in [-0.1, -0.05) is 13.5 Å². The van der Waals surface area contributed by atoms with E-state index in [0.29, 0.717) is 0 Å². The van der Waals surface area contributed by atoms with Gasteiger partial charge in [-0.3, -0.25) is 4.48 Å². The van der Waals surface area contributed by atoms with Gasteiger partial charge in [0.05, 0.1) is 19.6 Å². The van der Waals surface area contributed by atoms with E-state index >= 15 is 0 Å². The van der Waals surface area contributed by atoms with E-state index in [2.05, 4.69) is 34.3 Å². The minimum atomic E-state index is -0.320. The third-order valence-electron chi connectivity index (χ3n) is 3.27. The Morgan fingerprint density at radius 3 is 2.00 bits per heavy atom. The molecule has 0 aliphatic carbocycles. The third kappa shape index (κ3) is 3.34. The fraction of sp³-hybridized carbons (Fsp3) is 0.750. The maximum atomic E-state index is 11.2. The zero-order valence-corrected chi connectivity index (χ0v) is 10.5. The van der Waals surface area contributed by atoms with Gasteiger partial charge in [-0.05, 0) is 20.8 Å². The average molecular weight is 214 g/mol. The molecule has 0 saturated carbocycles. The molecule has 0 bridgehead atoms. The van der Waals surface area contributed by atoms with Crippen molar-refractivity contribution in [1.29, 1.82) is 0 Å².